The molecule has 0 spiro atoms. The topological polar surface area (TPSA) is 43.1 Å². The van der Waals surface area contributed by atoms with Gasteiger partial charge in [-0.2, -0.15) is 0 Å². The van der Waals surface area contributed by atoms with Gasteiger partial charge in [0.05, 0.1) is 9.40 Å². The van der Waals surface area contributed by atoms with Gasteiger partial charge in [0.25, 0.3) is 5.69 Å². The van der Waals surface area contributed by atoms with Gasteiger partial charge in [0.2, 0.25) is 0 Å². The third kappa shape index (κ3) is 1.57. The molecule has 0 atom stereocenters. The zero-order valence-electron chi connectivity index (χ0n) is 5.80. The second-order valence-corrected chi connectivity index (χ2v) is 2.91. The standard InChI is InChI=1S/C7H5BrNO2/c1-5-3-2-4-6(8)7(5)9(10)11/h2,4H,1H3. The molecule has 1 aromatic rings. The Morgan fingerprint density at radius 2 is 2.36 bits per heavy atom. The SMILES string of the molecule is Cc1[c]ccc(Br)c1[N+](=O)[O-]. The van der Waals surface area contributed by atoms with Crippen molar-refractivity contribution in [2.45, 2.75) is 6.92 Å². The second-order valence-electron chi connectivity index (χ2n) is 2.06. The molecule has 1 radical (unpaired) electrons. The van der Waals surface area contributed by atoms with Gasteiger partial charge in [-0.1, -0.05) is 6.07 Å². The molecule has 0 unspecified atom stereocenters. The predicted octanol–water partition coefficient (Wildman–Crippen LogP) is 2.47. The van der Waals surface area contributed by atoms with Crippen molar-refractivity contribution in [1.82, 2.24) is 0 Å². The maximum Gasteiger partial charge on any atom is 0.286 e. The van der Waals surface area contributed by atoms with E-state index in [0.717, 1.165) is 0 Å². The fourth-order valence-electron chi connectivity index (χ4n) is 0.790. The Balaban J connectivity index is 3.32. The van der Waals surface area contributed by atoms with Crippen molar-refractivity contribution in [1.29, 1.82) is 0 Å². The number of rotatable bonds is 1. The van der Waals surface area contributed by atoms with E-state index < -0.39 is 4.92 Å². The van der Waals surface area contributed by atoms with Crippen molar-refractivity contribution in [2.75, 3.05) is 0 Å². The number of hydrogen-bond acceptors (Lipinski definition) is 2. The third-order valence-corrected chi connectivity index (χ3v) is 1.93. The number of hydrogen-bond donors (Lipinski definition) is 0. The van der Waals surface area contributed by atoms with Crippen LogP contribution in [0, 0.1) is 23.1 Å². The van der Waals surface area contributed by atoms with Gasteiger partial charge in [-0.25, -0.2) is 0 Å². The zero-order chi connectivity index (χ0) is 8.43. The summed E-state index contributed by atoms with van der Waals surface area (Å²) in [7, 11) is 0. The molecule has 0 fully saturated rings. The first-order valence-corrected chi connectivity index (χ1v) is 3.73. The van der Waals surface area contributed by atoms with Crippen LogP contribution in [0.25, 0.3) is 0 Å². The summed E-state index contributed by atoms with van der Waals surface area (Å²) in [5.41, 5.74) is 0.636. The van der Waals surface area contributed by atoms with Gasteiger partial charge in [0.1, 0.15) is 0 Å². The number of aryl methyl sites for hydroxylation is 1. The monoisotopic (exact) mass is 214 g/mol. The molecule has 0 aliphatic rings. The Hall–Kier alpha value is -0.900. The van der Waals surface area contributed by atoms with Gasteiger partial charge in [0, 0.05) is 5.56 Å². The van der Waals surface area contributed by atoms with E-state index in [1.165, 1.54) is 0 Å². The molecule has 1 aromatic carbocycles. The first-order chi connectivity index (χ1) is 5.13. The average molecular weight is 215 g/mol. The fraction of sp³-hybridized carbons (Fsp3) is 0.143. The maximum absolute atomic E-state index is 10.4. The summed E-state index contributed by atoms with van der Waals surface area (Å²) >= 11 is 3.09. The predicted molar refractivity (Wildman–Crippen MR) is 44.4 cm³/mol. The van der Waals surface area contributed by atoms with E-state index in [9.17, 15) is 10.1 Å². The van der Waals surface area contributed by atoms with E-state index in [0.29, 0.717) is 10.0 Å². The smallest absolute Gasteiger partial charge is 0.258 e. The molecule has 0 saturated heterocycles. The lowest BCUT2D eigenvalue weighted by Gasteiger charge is -1.96. The van der Waals surface area contributed by atoms with Crippen LogP contribution in [0.1, 0.15) is 5.56 Å². The van der Waals surface area contributed by atoms with E-state index in [-0.39, 0.29) is 5.69 Å². The molecule has 0 saturated carbocycles. The molecule has 0 bridgehead atoms. The van der Waals surface area contributed by atoms with E-state index in [4.69, 9.17) is 0 Å². The van der Waals surface area contributed by atoms with Gasteiger partial charge < -0.3 is 0 Å². The minimum Gasteiger partial charge on any atom is -0.258 e. The van der Waals surface area contributed by atoms with Crippen LogP contribution >= 0.6 is 15.9 Å². The molecule has 0 aromatic heterocycles. The minimum absolute atomic E-state index is 0.0903. The summed E-state index contributed by atoms with van der Waals surface area (Å²) in [5, 5.41) is 10.4. The summed E-state index contributed by atoms with van der Waals surface area (Å²) in [6.45, 7) is 1.66. The third-order valence-electron chi connectivity index (χ3n) is 1.29. The molecule has 0 heterocycles. The highest BCUT2D eigenvalue weighted by atomic mass is 79.9. The largest absolute Gasteiger partial charge is 0.286 e. The van der Waals surface area contributed by atoms with Crippen molar-refractivity contribution in [3.8, 4) is 0 Å². The highest BCUT2D eigenvalue weighted by Crippen LogP contribution is 2.26. The van der Waals surface area contributed by atoms with E-state index >= 15 is 0 Å². The molecule has 0 N–H and O–H groups in total. The number of benzene rings is 1. The molecule has 11 heavy (non-hydrogen) atoms. The number of halogens is 1. The van der Waals surface area contributed by atoms with Gasteiger partial charge >= 0.3 is 0 Å². The van der Waals surface area contributed by atoms with Crippen LogP contribution in [0.4, 0.5) is 5.69 Å². The lowest BCUT2D eigenvalue weighted by atomic mass is 10.2. The normalized spacial score (nSPS) is 9.64. The van der Waals surface area contributed by atoms with Gasteiger partial charge in [-0.15, -0.1) is 0 Å². The van der Waals surface area contributed by atoms with Crippen LogP contribution in [0.3, 0.4) is 0 Å². The minimum atomic E-state index is -0.421. The molecular weight excluding hydrogens is 210 g/mol. The molecule has 3 nitrogen and oxygen atoms in total. The lowest BCUT2D eigenvalue weighted by molar-refractivity contribution is -0.386. The van der Waals surface area contributed by atoms with E-state index in [2.05, 4.69) is 22.0 Å². The average Bonchev–Trinajstić information content (AvgIpc) is 1.85. The first-order valence-electron chi connectivity index (χ1n) is 2.94. The summed E-state index contributed by atoms with van der Waals surface area (Å²) in [6.07, 6.45) is 0. The van der Waals surface area contributed by atoms with Gasteiger partial charge in [-0.05, 0) is 35.0 Å². The highest BCUT2D eigenvalue weighted by Gasteiger charge is 2.13. The van der Waals surface area contributed by atoms with Crippen LogP contribution < -0.4 is 0 Å². The molecule has 1 rings (SSSR count). The fourth-order valence-corrected chi connectivity index (χ4v) is 1.36. The van der Waals surface area contributed by atoms with Crippen molar-refractivity contribution < 1.29 is 4.92 Å². The Morgan fingerprint density at radius 1 is 1.73 bits per heavy atom. The van der Waals surface area contributed by atoms with Crippen molar-refractivity contribution in [3.63, 3.8) is 0 Å². The van der Waals surface area contributed by atoms with Crippen LogP contribution in [-0.2, 0) is 0 Å². The lowest BCUT2D eigenvalue weighted by Crippen LogP contribution is -1.92. The van der Waals surface area contributed by atoms with Crippen LogP contribution in [0.5, 0.6) is 0 Å². The molecule has 0 aliphatic carbocycles. The van der Waals surface area contributed by atoms with E-state index in [1.54, 1.807) is 19.1 Å². The zero-order valence-corrected chi connectivity index (χ0v) is 7.38. The van der Waals surface area contributed by atoms with Crippen LogP contribution in [0.2, 0.25) is 0 Å². The second kappa shape index (κ2) is 3.00. The number of nitro groups is 1. The Labute approximate surface area is 72.3 Å². The van der Waals surface area contributed by atoms with Crippen molar-refractivity contribution in [2.24, 2.45) is 0 Å². The quantitative estimate of drug-likeness (QED) is 0.533. The molecule has 57 valence electrons. The molecule has 4 heteroatoms. The highest BCUT2D eigenvalue weighted by molar-refractivity contribution is 9.10. The number of nitro benzene ring substituents is 1. The Kier molecular flexibility index (Phi) is 2.24. The summed E-state index contributed by atoms with van der Waals surface area (Å²) in [4.78, 5) is 9.98. The van der Waals surface area contributed by atoms with Crippen LogP contribution in [0.15, 0.2) is 16.6 Å². The molecule has 0 aliphatic heterocycles. The summed E-state index contributed by atoms with van der Waals surface area (Å²) in [5.74, 6) is 0. The molecular formula is C7H5BrNO2. The van der Waals surface area contributed by atoms with Gasteiger partial charge in [0.15, 0.2) is 0 Å². The molecule has 0 amide bonds. The van der Waals surface area contributed by atoms with E-state index in [1.807, 2.05) is 0 Å². The van der Waals surface area contributed by atoms with Crippen LogP contribution in [-0.4, -0.2) is 4.92 Å². The van der Waals surface area contributed by atoms with Crippen molar-refractivity contribution >= 4 is 21.6 Å². The maximum atomic E-state index is 10.4. The first kappa shape index (κ1) is 8.20. The summed E-state index contributed by atoms with van der Waals surface area (Å²) in [6, 6.07) is 6.00. The Morgan fingerprint density at radius 3 is 2.73 bits per heavy atom. The van der Waals surface area contributed by atoms with Gasteiger partial charge in [-0.3, -0.25) is 10.1 Å². The summed E-state index contributed by atoms with van der Waals surface area (Å²) < 4.78 is 0.499. The number of nitrogens with zero attached hydrogens (tertiary/aromatic N) is 1. The Bertz CT molecular complexity index is 278. The van der Waals surface area contributed by atoms with Crippen molar-refractivity contribution in [3.05, 3.63) is 38.3 Å².